The van der Waals surface area contributed by atoms with E-state index in [-0.39, 0.29) is 0 Å². The quantitative estimate of drug-likeness (QED) is 0.180. The molecule has 7 heteroatoms. The minimum absolute atomic E-state index is 0.637. The van der Waals surface area contributed by atoms with Gasteiger partial charge in [-0.2, -0.15) is 0 Å². The Morgan fingerprint density at radius 3 is 0.774 bits per heavy atom. The van der Waals surface area contributed by atoms with Crippen molar-refractivity contribution < 1.29 is 8.52 Å². The van der Waals surface area contributed by atoms with Gasteiger partial charge in [-0.15, -0.1) is 0 Å². The SMILES string of the molecule is CC(C)[CH2][Al]([CH2]C(C)C)[O][Al]([CH2]C(C)C)[O][Al]([CH2]C(C)C)[O][Al]([CH2]C(C)C)[CH2]C(C)C. The lowest BCUT2D eigenvalue weighted by Gasteiger charge is -2.29. The molecule has 0 N–H and O–H groups in total. The molecular weight excluding hydrogens is 444 g/mol. The Hall–Kier alpha value is 2.01. The molecular formula is C24H54Al4O3. The summed E-state index contributed by atoms with van der Waals surface area (Å²) in [6.45, 7) is 28.0. The smallest absolute Gasteiger partial charge is 0.614 e. The second-order valence-electron chi connectivity index (χ2n) is 12.3. The summed E-state index contributed by atoms with van der Waals surface area (Å²) < 4.78 is 20.9. The fraction of sp³-hybridized carbons (Fsp3) is 1.00. The van der Waals surface area contributed by atoms with Crippen LogP contribution >= 0.6 is 0 Å². The van der Waals surface area contributed by atoms with E-state index in [1.165, 1.54) is 21.1 Å². The van der Waals surface area contributed by atoms with E-state index in [1.807, 2.05) is 0 Å². The van der Waals surface area contributed by atoms with Crippen molar-refractivity contribution in [3.63, 3.8) is 0 Å². The molecule has 0 radical (unpaired) electrons. The second-order valence-corrected chi connectivity index (χ2v) is 22.6. The molecule has 0 atom stereocenters. The molecule has 0 aliphatic heterocycles. The van der Waals surface area contributed by atoms with Gasteiger partial charge in [0.2, 0.25) is 0 Å². The van der Waals surface area contributed by atoms with Crippen molar-refractivity contribution in [2.45, 2.75) is 115 Å². The van der Waals surface area contributed by atoms with Crippen LogP contribution in [0.15, 0.2) is 0 Å². The van der Waals surface area contributed by atoms with Crippen molar-refractivity contribution in [3.05, 3.63) is 0 Å². The first-order valence-corrected chi connectivity index (χ1v) is 21.0. The van der Waals surface area contributed by atoms with Crippen LogP contribution in [-0.4, -0.2) is 58.6 Å². The Kier molecular flexibility index (Phi) is 19.5. The summed E-state index contributed by atoms with van der Waals surface area (Å²) in [7, 11) is 0. The van der Waals surface area contributed by atoms with E-state index < -0.39 is 58.6 Å². The molecule has 0 saturated heterocycles. The van der Waals surface area contributed by atoms with Crippen molar-refractivity contribution in [3.8, 4) is 0 Å². The fourth-order valence-electron chi connectivity index (χ4n) is 4.17. The molecule has 0 bridgehead atoms. The van der Waals surface area contributed by atoms with Crippen molar-refractivity contribution >= 4 is 58.6 Å². The van der Waals surface area contributed by atoms with Crippen LogP contribution in [0.3, 0.4) is 0 Å². The maximum Gasteiger partial charge on any atom is 0.614 e. The molecule has 0 amide bonds. The number of hydrogen-bond donors (Lipinski definition) is 0. The van der Waals surface area contributed by atoms with Gasteiger partial charge in [0.1, 0.15) is 0 Å². The van der Waals surface area contributed by atoms with Gasteiger partial charge in [0, 0.05) is 0 Å². The molecule has 3 nitrogen and oxygen atoms in total. The molecule has 0 saturated carbocycles. The molecule has 31 heavy (non-hydrogen) atoms. The van der Waals surface area contributed by atoms with Gasteiger partial charge in [-0.25, -0.2) is 0 Å². The molecule has 0 aromatic carbocycles. The van der Waals surface area contributed by atoms with Crippen molar-refractivity contribution in [2.24, 2.45) is 35.5 Å². The highest BCUT2D eigenvalue weighted by molar-refractivity contribution is 6.70. The topological polar surface area (TPSA) is 27.7 Å². The molecule has 0 rings (SSSR count). The van der Waals surface area contributed by atoms with E-state index in [0.29, 0.717) is 11.8 Å². The lowest BCUT2D eigenvalue weighted by molar-refractivity contribution is 0.348. The van der Waals surface area contributed by atoms with E-state index >= 15 is 0 Å². The zero-order chi connectivity index (χ0) is 24.1. The second kappa shape index (κ2) is 18.3. The summed E-state index contributed by atoms with van der Waals surface area (Å²) in [5, 5.41) is 7.37. The van der Waals surface area contributed by atoms with Crippen molar-refractivity contribution in [1.82, 2.24) is 0 Å². The Bertz CT molecular complexity index is 373. The van der Waals surface area contributed by atoms with Crippen molar-refractivity contribution in [1.29, 1.82) is 0 Å². The number of hydrogen-bond acceptors (Lipinski definition) is 3. The highest BCUT2D eigenvalue weighted by atomic mass is 27.4. The fourth-order valence-corrected chi connectivity index (χ4v) is 20.3. The molecule has 180 valence electrons. The van der Waals surface area contributed by atoms with Gasteiger partial charge in [0.25, 0.3) is 0 Å². The minimum Gasteiger partial charge on any atom is -0.615 e. The molecule has 0 spiro atoms. The highest BCUT2D eigenvalue weighted by Crippen LogP contribution is 2.23. The third-order valence-corrected chi connectivity index (χ3v) is 21.7. The van der Waals surface area contributed by atoms with Crippen LogP contribution in [0.1, 0.15) is 83.1 Å². The first-order chi connectivity index (χ1) is 14.3. The van der Waals surface area contributed by atoms with Crippen LogP contribution in [0.25, 0.3) is 0 Å². The van der Waals surface area contributed by atoms with E-state index in [4.69, 9.17) is 8.52 Å². The van der Waals surface area contributed by atoms with Gasteiger partial charge in [-0.05, 0) is 10.6 Å². The third kappa shape index (κ3) is 20.0. The molecule has 0 aliphatic rings. The molecule has 0 heterocycles. The summed E-state index contributed by atoms with van der Waals surface area (Å²) in [5.74, 6) is 4.15. The lowest BCUT2D eigenvalue weighted by Crippen LogP contribution is -2.42. The zero-order valence-electron chi connectivity index (χ0n) is 23.2. The Morgan fingerprint density at radius 2 is 0.581 bits per heavy atom. The zero-order valence-corrected chi connectivity index (χ0v) is 27.9. The molecule has 0 aliphatic carbocycles. The predicted octanol–water partition coefficient (Wildman–Crippen LogP) is 7.93. The largest absolute Gasteiger partial charge is 0.615 e. The minimum atomic E-state index is -1.69. The standard InChI is InChI=1S/6C4H9.4Al.3O/c6*1-4(2)3;;;;;;;/h6*4H,1H2,2-3H3;;;;;;;. The van der Waals surface area contributed by atoms with Gasteiger partial charge in [-0.3, -0.25) is 0 Å². The van der Waals surface area contributed by atoms with Gasteiger partial charge < -0.3 is 8.52 Å². The molecule has 0 aromatic rings. The maximum absolute atomic E-state index is 6.96. The Labute approximate surface area is 215 Å². The predicted molar refractivity (Wildman–Crippen MR) is 144 cm³/mol. The highest BCUT2D eigenvalue weighted by Gasteiger charge is 2.40. The van der Waals surface area contributed by atoms with E-state index in [0.717, 1.165) is 34.2 Å². The Balaban J connectivity index is 5.43. The summed E-state index contributed by atoms with van der Waals surface area (Å²) in [5.41, 5.74) is 0. The number of rotatable bonds is 18. The maximum atomic E-state index is 6.96. The monoisotopic (exact) mass is 498 g/mol. The first-order valence-electron chi connectivity index (χ1n) is 13.2. The third-order valence-electron chi connectivity index (χ3n) is 5.26. The van der Waals surface area contributed by atoms with Gasteiger partial charge >= 0.3 is 58.6 Å². The first kappa shape index (κ1) is 33.0. The molecule has 0 aromatic heterocycles. The van der Waals surface area contributed by atoms with Crippen molar-refractivity contribution in [2.75, 3.05) is 0 Å². The van der Waals surface area contributed by atoms with Gasteiger partial charge in [0.15, 0.2) is 0 Å². The van der Waals surface area contributed by atoms with Crippen LogP contribution in [0.5, 0.6) is 0 Å². The molecule has 0 fully saturated rings. The van der Waals surface area contributed by atoms with E-state index in [1.54, 1.807) is 0 Å². The summed E-state index contributed by atoms with van der Waals surface area (Å²) in [4.78, 5) is 0. The average Bonchev–Trinajstić information content (AvgIpc) is 2.50. The van der Waals surface area contributed by atoms with E-state index in [2.05, 4.69) is 83.1 Å². The summed E-state index contributed by atoms with van der Waals surface area (Å²) >= 11 is -5.84. The molecule has 0 unspecified atom stereocenters. The lowest BCUT2D eigenvalue weighted by atomic mass is 10.3. The summed E-state index contributed by atoms with van der Waals surface area (Å²) in [6, 6.07) is 0. The summed E-state index contributed by atoms with van der Waals surface area (Å²) in [6.07, 6.45) is 0. The normalized spacial score (nSPS) is 12.2. The van der Waals surface area contributed by atoms with Crippen LogP contribution < -0.4 is 0 Å². The van der Waals surface area contributed by atoms with Gasteiger partial charge in [-0.1, -0.05) is 140 Å². The van der Waals surface area contributed by atoms with E-state index in [9.17, 15) is 0 Å². The Morgan fingerprint density at radius 1 is 0.355 bits per heavy atom. The average molecular weight is 499 g/mol. The van der Waals surface area contributed by atoms with Gasteiger partial charge in [0.05, 0.1) is 0 Å². The van der Waals surface area contributed by atoms with Crippen LogP contribution in [0.4, 0.5) is 0 Å². The van der Waals surface area contributed by atoms with Crippen LogP contribution in [0, 0.1) is 35.5 Å². The van der Waals surface area contributed by atoms with Crippen LogP contribution in [0.2, 0.25) is 31.7 Å². The van der Waals surface area contributed by atoms with Crippen LogP contribution in [-0.2, 0) is 8.52 Å².